The summed E-state index contributed by atoms with van der Waals surface area (Å²) in [5.41, 5.74) is 7.62. The first-order valence-corrected chi connectivity index (χ1v) is 5.82. The normalized spacial score (nSPS) is 9.89. The summed E-state index contributed by atoms with van der Waals surface area (Å²) in [6, 6.07) is 13.7. The molecule has 5 N–H and O–H groups in total. The summed E-state index contributed by atoms with van der Waals surface area (Å²) in [7, 11) is 0. The highest BCUT2D eigenvalue weighted by molar-refractivity contribution is 5.88. The van der Waals surface area contributed by atoms with E-state index >= 15 is 0 Å². The van der Waals surface area contributed by atoms with Crippen molar-refractivity contribution in [1.82, 2.24) is 0 Å². The highest BCUT2D eigenvalue weighted by atomic mass is 16.3. The number of carbonyl (C=O) groups excluding carboxylic acids is 1. The van der Waals surface area contributed by atoms with Gasteiger partial charge in [-0.3, -0.25) is 0 Å². The molecule has 0 aliphatic rings. The van der Waals surface area contributed by atoms with Crippen molar-refractivity contribution in [1.29, 1.82) is 0 Å². The van der Waals surface area contributed by atoms with Crippen LogP contribution in [0.5, 0.6) is 5.75 Å². The van der Waals surface area contributed by atoms with Crippen LogP contribution in [0.4, 0.5) is 16.2 Å². The van der Waals surface area contributed by atoms with Crippen LogP contribution in [0, 0.1) is 0 Å². The molecule has 0 aliphatic carbocycles. The number of aromatic hydroxyl groups is 1. The number of phenolic OH excluding ortho intramolecular Hbond substituents is 1. The van der Waals surface area contributed by atoms with Crippen molar-refractivity contribution in [2.75, 3.05) is 10.6 Å². The molecule has 2 rings (SSSR count). The number of phenols is 1. The molecule has 5 heteroatoms. The van der Waals surface area contributed by atoms with Gasteiger partial charge >= 0.3 is 6.03 Å². The molecule has 0 atom stereocenters. The number of hydrogen-bond donors (Lipinski definition) is 4. The van der Waals surface area contributed by atoms with Crippen LogP contribution in [0.3, 0.4) is 0 Å². The van der Waals surface area contributed by atoms with Gasteiger partial charge in [-0.25, -0.2) is 4.79 Å². The van der Waals surface area contributed by atoms with E-state index in [4.69, 9.17) is 5.73 Å². The van der Waals surface area contributed by atoms with Crippen molar-refractivity contribution in [3.05, 3.63) is 54.1 Å². The zero-order valence-electron chi connectivity index (χ0n) is 10.3. The zero-order valence-corrected chi connectivity index (χ0v) is 10.3. The Morgan fingerprint density at radius 3 is 2.47 bits per heavy atom. The topological polar surface area (TPSA) is 87.4 Å². The molecule has 0 aliphatic heterocycles. The maximum absolute atomic E-state index is 10.8. The molecular formula is C14H15N3O2. The van der Waals surface area contributed by atoms with Crippen LogP contribution in [0.2, 0.25) is 0 Å². The Labute approximate surface area is 111 Å². The number of carbonyl (C=O) groups is 1. The van der Waals surface area contributed by atoms with Gasteiger partial charge in [-0.15, -0.1) is 0 Å². The summed E-state index contributed by atoms with van der Waals surface area (Å²) in [4.78, 5) is 10.8. The monoisotopic (exact) mass is 257 g/mol. The van der Waals surface area contributed by atoms with Gasteiger partial charge in [0.15, 0.2) is 0 Å². The summed E-state index contributed by atoms with van der Waals surface area (Å²) < 4.78 is 0. The van der Waals surface area contributed by atoms with E-state index in [9.17, 15) is 9.90 Å². The average Bonchev–Trinajstić information content (AvgIpc) is 2.38. The number of benzene rings is 2. The van der Waals surface area contributed by atoms with E-state index in [2.05, 4.69) is 10.6 Å². The molecule has 98 valence electrons. The van der Waals surface area contributed by atoms with Gasteiger partial charge in [-0.05, 0) is 35.9 Å². The number of amides is 2. The van der Waals surface area contributed by atoms with Crippen LogP contribution in [-0.4, -0.2) is 11.1 Å². The van der Waals surface area contributed by atoms with E-state index in [-0.39, 0.29) is 5.75 Å². The molecule has 0 fully saturated rings. The molecule has 0 spiro atoms. The minimum atomic E-state index is -0.587. The quantitative estimate of drug-likeness (QED) is 0.678. The summed E-state index contributed by atoms with van der Waals surface area (Å²) in [5.74, 6) is 0.247. The maximum atomic E-state index is 10.8. The largest absolute Gasteiger partial charge is 0.508 e. The number of nitrogens with one attached hydrogen (secondary N) is 2. The van der Waals surface area contributed by atoms with Gasteiger partial charge in [0.05, 0.1) is 0 Å². The van der Waals surface area contributed by atoms with Crippen molar-refractivity contribution in [2.24, 2.45) is 5.73 Å². The van der Waals surface area contributed by atoms with E-state index in [1.165, 1.54) is 0 Å². The molecule has 0 unspecified atom stereocenters. The first-order valence-electron chi connectivity index (χ1n) is 5.82. The molecule has 2 amide bonds. The van der Waals surface area contributed by atoms with Crippen LogP contribution in [-0.2, 0) is 6.54 Å². The van der Waals surface area contributed by atoms with E-state index in [0.29, 0.717) is 12.2 Å². The van der Waals surface area contributed by atoms with Crippen molar-refractivity contribution < 1.29 is 9.90 Å². The van der Waals surface area contributed by atoms with E-state index in [0.717, 1.165) is 11.3 Å². The lowest BCUT2D eigenvalue weighted by molar-refractivity contribution is 0.259. The Balaban J connectivity index is 1.99. The molecule has 0 bridgehead atoms. The fourth-order valence-electron chi connectivity index (χ4n) is 1.67. The van der Waals surface area contributed by atoms with Gasteiger partial charge in [-0.2, -0.15) is 0 Å². The summed E-state index contributed by atoms with van der Waals surface area (Å²) >= 11 is 0. The van der Waals surface area contributed by atoms with E-state index in [1.807, 2.05) is 24.3 Å². The summed E-state index contributed by atoms with van der Waals surface area (Å²) in [6.07, 6.45) is 0. The lowest BCUT2D eigenvalue weighted by Crippen LogP contribution is -2.19. The van der Waals surface area contributed by atoms with Crippen LogP contribution >= 0.6 is 0 Å². The Hall–Kier alpha value is -2.69. The Bertz CT molecular complexity index is 567. The molecule has 0 heterocycles. The first-order chi connectivity index (χ1) is 9.13. The molecule has 0 radical (unpaired) electrons. The Kier molecular flexibility index (Phi) is 3.87. The zero-order chi connectivity index (χ0) is 13.7. The third-order valence-corrected chi connectivity index (χ3v) is 2.56. The van der Waals surface area contributed by atoms with Crippen molar-refractivity contribution in [2.45, 2.75) is 6.54 Å². The summed E-state index contributed by atoms with van der Waals surface area (Å²) in [5, 5.41) is 14.9. The molecule has 2 aromatic rings. The lowest BCUT2D eigenvalue weighted by Gasteiger charge is -2.08. The smallest absolute Gasteiger partial charge is 0.316 e. The molecule has 19 heavy (non-hydrogen) atoms. The molecule has 5 nitrogen and oxygen atoms in total. The minimum Gasteiger partial charge on any atom is -0.508 e. The van der Waals surface area contributed by atoms with Crippen LogP contribution in [0.15, 0.2) is 48.5 Å². The number of anilines is 2. The van der Waals surface area contributed by atoms with Gasteiger partial charge in [-0.1, -0.05) is 18.2 Å². The highest BCUT2D eigenvalue weighted by Crippen LogP contribution is 2.16. The number of hydrogen-bond acceptors (Lipinski definition) is 3. The fourth-order valence-corrected chi connectivity index (χ4v) is 1.67. The Morgan fingerprint density at radius 1 is 1.11 bits per heavy atom. The predicted octanol–water partition coefficient (Wildman–Crippen LogP) is 2.49. The second-order valence-electron chi connectivity index (χ2n) is 4.09. The van der Waals surface area contributed by atoms with Crippen LogP contribution < -0.4 is 16.4 Å². The lowest BCUT2D eigenvalue weighted by atomic mass is 10.2. The van der Waals surface area contributed by atoms with E-state index < -0.39 is 6.03 Å². The third-order valence-electron chi connectivity index (χ3n) is 2.56. The van der Waals surface area contributed by atoms with Crippen LogP contribution in [0.25, 0.3) is 0 Å². The maximum Gasteiger partial charge on any atom is 0.316 e. The van der Waals surface area contributed by atoms with Crippen LogP contribution in [0.1, 0.15) is 5.56 Å². The van der Waals surface area contributed by atoms with Gasteiger partial charge < -0.3 is 21.5 Å². The van der Waals surface area contributed by atoms with Crippen molar-refractivity contribution in [3.8, 4) is 5.75 Å². The van der Waals surface area contributed by atoms with Gasteiger partial charge in [0.2, 0.25) is 0 Å². The predicted molar refractivity (Wildman–Crippen MR) is 75.1 cm³/mol. The Morgan fingerprint density at radius 2 is 1.79 bits per heavy atom. The molecule has 0 aromatic heterocycles. The number of urea groups is 1. The molecule has 0 saturated carbocycles. The van der Waals surface area contributed by atoms with Gasteiger partial charge in [0.25, 0.3) is 0 Å². The molecular weight excluding hydrogens is 242 g/mol. The number of nitrogens with two attached hydrogens (primary N) is 1. The SMILES string of the molecule is NC(=O)Nc1cccc(NCc2ccc(O)cc2)c1. The highest BCUT2D eigenvalue weighted by Gasteiger charge is 1.98. The van der Waals surface area contributed by atoms with Crippen molar-refractivity contribution in [3.63, 3.8) is 0 Å². The first kappa shape index (κ1) is 12.8. The second-order valence-corrected chi connectivity index (χ2v) is 4.09. The molecule has 0 saturated heterocycles. The fraction of sp³-hybridized carbons (Fsp3) is 0.0714. The van der Waals surface area contributed by atoms with Crippen molar-refractivity contribution >= 4 is 17.4 Å². The van der Waals surface area contributed by atoms with Gasteiger partial charge in [0.1, 0.15) is 5.75 Å². The average molecular weight is 257 g/mol. The third kappa shape index (κ3) is 3.92. The standard InChI is InChI=1S/C14H15N3O2/c15-14(19)17-12-3-1-2-11(8-12)16-9-10-4-6-13(18)7-5-10/h1-8,16,18H,9H2,(H3,15,17,19). The van der Waals surface area contributed by atoms with Gasteiger partial charge in [0, 0.05) is 17.9 Å². The second kappa shape index (κ2) is 5.77. The summed E-state index contributed by atoms with van der Waals surface area (Å²) in [6.45, 7) is 0.625. The molecule has 2 aromatic carbocycles. The number of rotatable bonds is 4. The minimum absolute atomic E-state index is 0.247. The van der Waals surface area contributed by atoms with E-state index in [1.54, 1.807) is 24.3 Å². The number of primary amides is 1.